The molecule has 144 valence electrons. The van der Waals surface area contributed by atoms with E-state index in [1.165, 1.54) is 5.56 Å². The summed E-state index contributed by atoms with van der Waals surface area (Å²) in [6.07, 6.45) is 3.54. The highest BCUT2D eigenvalue weighted by Gasteiger charge is 2.13. The Labute approximate surface area is 170 Å². The summed E-state index contributed by atoms with van der Waals surface area (Å²) in [6.45, 7) is 2.94. The number of carbonyl (C=O) groups excluding carboxylic acids is 1. The van der Waals surface area contributed by atoms with Gasteiger partial charge in [0.2, 0.25) is 5.91 Å². The van der Waals surface area contributed by atoms with Crippen LogP contribution in [0.3, 0.4) is 0 Å². The largest absolute Gasteiger partial charge is 0.489 e. The van der Waals surface area contributed by atoms with Gasteiger partial charge in [-0.2, -0.15) is 0 Å². The third-order valence-electron chi connectivity index (χ3n) is 4.23. The van der Waals surface area contributed by atoms with Crippen molar-refractivity contribution in [3.63, 3.8) is 0 Å². The molecule has 0 spiro atoms. The zero-order chi connectivity index (χ0) is 19.6. The second kappa shape index (κ2) is 10.5. The van der Waals surface area contributed by atoms with Crippen LogP contribution in [-0.2, 0) is 23.7 Å². The smallest absolute Gasteiger partial charge is 0.233 e. The molecule has 1 N–H and O–H groups in total. The Morgan fingerprint density at radius 2 is 1.75 bits per heavy atom. The minimum atomic E-state index is -0.0951. The third-order valence-corrected chi connectivity index (χ3v) is 5.44. The van der Waals surface area contributed by atoms with Gasteiger partial charge in [-0.05, 0) is 36.2 Å². The monoisotopic (exact) mass is 392 g/mol. The number of pyridine rings is 1. The molecular formula is C23H24N2O2S. The highest BCUT2D eigenvalue weighted by molar-refractivity contribution is 7.99. The molecule has 1 amide bonds. The van der Waals surface area contributed by atoms with E-state index in [1.807, 2.05) is 61.5 Å². The first kappa shape index (κ1) is 20.0. The molecule has 0 fully saturated rings. The number of ether oxygens (including phenoxy) is 1. The summed E-state index contributed by atoms with van der Waals surface area (Å²) in [5, 5.41) is 2.91. The maximum absolute atomic E-state index is 12.3. The van der Waals surface area contributed by atoms with Gasteiger partial charge < -0.3 is 10.1 Å². The first-order valence-electron chi connectivity index (χ1n) is 9.24. The Hall–Kier alpha value is -2.79. The first-order valence-corrected chi connectivity index (χ1v) is 10.3. The molecular weight excluding hydrogens is 368 g/mol. The van der Waals surface area contributed by atoms with E-state index in [-0.39, 0.29) is 11.2 Å². The summed E-state index contributed by atoms with van der Waals surface area (Å²) >= 11 is 1.64. The van der Waals surface area contributed by atoms with E-state index in [0.29, 0.717) is 13.2 Å². The van der Waals surface area contributed by atoms with Crippen molar-refractivity contribution in [2.24, 2.45) is 0 Å². The Kier molecular flexibility index (Phi) is 7.50. The maximum Gasteiger partial charge on any atom is 0.233 e. The zero-order valence-corrected chi connectivity index (χ0v) is 16.7. The Morgan fingerprint density at radius 3 is 2.46 bits per heavy atom. The van der Waals surface area contributed by atoms with E-state index < -0.39 is 0 Å². The van der Waals surface area contributed by atoms with E-state index in [4.69, 9.17) is 4.74 Å². The summed E-state index contributed by atoms with van der Waals surface area (Å²) in [6, 6.07) is 21.9. The first-order chi connectivity index (χ1) is 13.7. The molecule has 0 saturated carbocycles. The number of nitrogens with one attached hydrogen (secondary N) is 1. The third kappa shape index (κ3) is 6.43. The van der Waals surface area contributed by atoms with Crippen molar-refractivity contribution in [3.05, 3.63) is 95.8 Å². The minimum Gasteiger partial charge on any atom is -0.489 e. The molecule has 0 bridgehead atoms. The summed E-state index contributed by atoms with van der Waals surface area (Å²) in [5.41, 5.74) is 3.30. The van der Waals surface area contributed by atoms with Crippen molar-refractivity contribution in [3.8, 4) is 5.75 Å². The second-order valence-electron chi connectivity index (χ2n) is 6.45. The molecule has 4 nitrogen and oxygen atoms in total. The van der Waals surface area contributed by atoms with Crippen LogP contribution < -0.4 is 10.1 Å². The lowest BCUT2D eigenvalue weighted by Gasteiger charge is -2.12. The summed E-state index contributed by atoms with van der Waals surface area (Å²) in [4.78, 5) is 16.4. The lowest BCUT2D eigenvalue weighted by atomic mass is 10.2. The minimum absolute atomic E-state index is 0.0536. The molecule has 1 unspecified atom stereocenters. The normalized spacial score (nSPS) is 11.6. The lowest BCUT2D eigenvalue weighted by Crippen LogP contribution is -2.30. The average Bonchev–Trinajstić information content (AvgIpc) is 2.76. The maximum atomic E-state index is 12.3. The van der Waals surface area contributed by atoms with Crippen LogP contribution in [0.2, 0.25) is 0 Å². The number of nitrogens with zero attached hydrogens (tertiary/aromatic N) is 1. The topological polar surface area (TPSA) is 51.2 Å². The fourth-order valence-corrected chi connectivity index (χ4v) is 3.43. The zero-order valence-electron chi connectivity index (χ0n) is 15.9. The van der Waals surface area contributed by atoms with Gasteiger partial charge in [-0.25, -0.2) is 0 Å². The van der Waals surface area contributed by atoms with Crippen LogP contribution in [0.4, 0.5) is 0 Å². The standard InChI is InChI=1S/C23H24N2O2S/c1-18(28-17-20-6-3-2-4-7-20)23(26)25-15-19-9-11-22(12-10-19)27-16-21-8-5-13-24-14-21/h2-14,18H,15-17H2,1H3,(H,25,26). The van der Waals surface area contributed by atoms with Crippen molar-refractivity contribution >= 4 is 17.7 Å². The highest BCUT2D eigenvalue weighted by atomic mass is 32.2. The molecule has 0 aliphatic carbocycles. The predicted molar refractivity (Wildman–Crippen MR) is 114 cm³/mol. The molecule has 3 aromatic rings. The number of benzene rings is 2. The summed E-state index contributed by atoms with van der Waals surface area (Å²) in [7, 11) is 0. The number of aromatic nitrogens is 1. The van der Waals surface area contributed by atoms with Crippen LogP contribution in [0.25, 0.3) is 0 Å². The molecule has 1 atom stereocenters. The van der Waals surface area contributed by atoms with E-state index in [0.717, 1.165) is 22.6 Å². The molecule has 3 rings (SSSR count). The number of carbonyl (C=O) groups is 1. The van der Waals surface area contributed by atoms with Gasteiger partial charge in [0.15, 0.2) is 0 Å². The van der Waals surface area contributed by atoms with E-state index in [2.05, 4.69) is 22.4 Å². The Morgan fingerprint density at radius 1 is 1.00 bits per heavy atom. The quantitative estimate of drug-likeness (QED) is 0.578. The van der Waals surface area contributed by atoms with E-state index in [9.17, 15) is 4.79 Å². The van der Waals surface area contributed by atoms with Gasteiger partial charge in [-0.1, -0.05) is 48.5 Å². The van der Waals surface area contributed by atoms with Crippen LogP contribution in [0.5, 0.6) is 5.75 Å². The highest BCUT2D eigenvalue weighted by Crippen LogP contribution is 2.18. The van der Waals surface area contributed by atoms with E-state index in [1.54, 1.807) is 24.2 Å². The molecule has 0 radical (unpaired) electrons. The van der Waals surface area contributed by atoms with Gasteiger partial charge >= 0.3 is 0 Å². The van der Waals surface area contributed by atoms with Gasteiger partial charge in [0.25, 0.3) is 0 Å². The van der Waals surface area contributed by atoms with Crippen molar-refractivity contribution in [2.45, 2.75) is 31.1 Å². The van der Waals surface area contributed by atoms with E-state index >= 15 is 0 Å². The van der Waals surface area contributed by atoms with Crippen molar-refractivity contribution in [2.75, 3.05) is 0 Å². The van der Waals surface area contributed by atoms with Gasteiger partial charge in [-0.15, -0.1) is 11.8 Å². The molecule has 5 heteroatoms. The van der Waals surface area contributed by atoms with Gasteiger partial charge in [0, 0.05) is 30.3 Å². The lowest BCUT2D eigenvalue weighted by molar-refractivity contribution is -0.120. The molecule has 1 heterocycles. The van der Waals surface area contributed by atoms with Crippen LogP contribution >= 0.6 is 11.8 Å². The van der Waals surface area contributed by atoms with Gasteiger partial charge in [0.1, 0.15) is 12.4 Å². The van der Waals surface area contributed by atoms with Crippen LogP contribution in [0.15, 0.2) is 79.1 Å². The van der Waals surface area contributed by atoms with Gasteiger partial charge in [0.05, 0.1) is 5.25 Å². The van der Waals surface area contributed by atoms with Crippen molar-refractivity contribution in [1.29, 1.82) is 0 Å². The summed E-state index contributed by atoms with van der Waals surface area (Å²) < 4.78 is 5.75. The Balaban J connectivity index is 1.40. The number of rotatable bonds is 9. The molecule has 28 heavy (non-hydrogen) atoms. The molecule has 1 aromatic heterocycles. The van der Waals surface area contributed by atoms with Crippen LogP contribution in [0, 0.1) is 0 Å². The average molecular weight is 393 g/mol. The number of hydrogen-bond donors (Lipinski definition) is 1. The molecule has 0 aliphatic rings. The summed E-state index contributed by atoms with van der Waals surface area (Å²) in [5.74, 6) is 1.68. The van der Waals surface area contributed by atoms with Gasteiger partial charge in [-0.3, -0.25) is 9.78 Å². The number of hydrogen-bond acceptors (Lipinski definition) is 4. The number of thioether (sulfide) groups is 1. The molecule has 0 aliphatic heterocycles. The van der Waals surface area contributed by atoms with Crippen molar-refractivity contribution < 1.29 is 9.53 Å². The SMILES string of the molecule is CC(SCc1ccccc1)C(=O)NCc1ccc(OCc2cccnc2)cc1. The molecule has 0 saturated heterocycles. The van der Waals surface area contributed by atoms with Crippen LogP contribution in [0.1, 0.15) is 23.6 Å². The predicted octanol–water partition coefficient (Wildman–Crippen LogP) is 4.60. The fraction of sp³-hybridized carbons (Fsp3) is 0.217. The Bertz CT molecular complexity index is 855. The number of amides is 1. The van der Waals surface area contributed by atoms with Crippen molar-refractivity contribution in [1.82, 2.24) is 10.3 Å². The molecule has 2 aromatic carbocycles. The van der Waals surface area contributed by atoms with Crippen LogP contribution in [-0.4, -0.2) is 16.1 Å². The second-order valence-corrected chi connectivity index (χ2v) is 7.78. The fourth-order valence-electron chi connectivity index (χ4n) is 2.56.